The van der Waals surface area contributed by atoms with Crippen LogP contribution < -0.4 is 9.80 Å². The minimum Gasteiger partial charge on any atom is -0.310 e. The summed E-state index contributed by atoms with van der Waals surface area (Å²) in [6.07, 6.45) is 0. The Hall–Kier alpha value is -10.1. The molecule has 0 saturated carbocycles. The second-order valence-electron chi connectivity index (χ2n) is 19.1. The van der Waals surface area contributed by atoms with E-state index in [1.54, 1.807) is 0 Å². The third kappa shape index (κ3) is 8.86. The van der Waals surface area contributed by atoms with Gasteiger partial charge in [0.15, 0.2) is 5.82 Å². The monoisotopic (exact) mass is 973 g/mol. The first kappa shape index (κ1) is 45.7. The lowest BCUT2D eigenvalue weighted by atomic mass is 9.97. The summed E-state index contributed by atoms with van der Waals surface area (Å²) in [6.45, 7) is 2.23. The molecule has 0 radical (unpaired) electrons. The summed E-state index contributed by atoms with van der Waals surface area (Å²) >= 11 is 0. The van der Waals surface area contributed by atoms with Crippen molar-refractivity contribution in [1.82, 2.24) is 14.5 Å². The summed E-state index contributed by atoms with van der Waals surface area (Å²) < 4.78 is 2.45. The maximum Gasteiger partial charge on any atom is 0.160 e. The number of anilines is 6. The number of aryl methyl sites for hydroxylation is 1. The summed E-state index contributed by atoms with van der Waals surface area (Å²) in [5, 5.41) is 2.34. The molecule has 2 heterocycles. The number of benzene rings is 11. The van der Waals surface area contributed by atoms with Gasteiger partial charge in [0.05, 0.1) is 22.4 Å². The highest BCUT2D eigenvalue weighted by atomic mass is 15.1. The summed E-state index contributed by atoms with van der Waals surface area (Å²) in [5.74, 6) is 0.711. The molecule has 5 heteroatoms. The Morgan fingerprint density at radius 1 is 0.276 bits per heavy atom. The number of para-hydroxylation sites is 4. The lowest BCUT2D eigenvalue weighted by molar-refractivity contribution is 1.15. The summed E-state index contributed by atoms with van der Waals surface area (Å²) in [7, 11) is 0. The Kier molecular flexibility index (Phi) is 12.1. The molecule has 0 N–H and O–H groups in total. The van der Waals surface area contributed by atoms with Crippen molar-refractivity contribution >= 4 is 55.9 Å². The second-order valence-corrected chi connectivity index (χ2v) is 19.1. The van der Waals surface area contributed by atoms with Gasteiger partial charge >= 0.3 is 0 Å². The molecule has 360 valence electrons. The Bertz CT molecular complexity index is 3850. The van der Waals surface area contributed by atoms with Crippen LogP contribution in [0.15, 0.2) is 291 Å². The molecule has 0 aliphatic rings. The molecule has 0 atom stereocenters. The molecule has 5 nitrogen and oxygen atoms in total. The number of fused-ring (bicyclic) bond motifs is 3. The maximum absolute atomic E-state index is 5.05. The van der Waals surface area contributed by atoms with Crippen molar-refractivity contribution in [3.63, 3.8) is 0 Å². The van der Waals surface area contributed by atoms with Crippen LogP contribution in [0.2, 0.25) is 0 Å². The lowest BCUT2D eigenvalue weighted by Gasteiger charge is -2.26. The van der Waals surface area contributed by atoms with E-state index in [1.807, 2.05) is 36.4 Å². The van der Waals surface area contributed by atoms with Crippen molar-refractivity contribution < 1.29 is 0 Å². The zero-order chi connectivity index (χ0) is 50.8. The highest BCUT2D eigenvalue weighted by Gasteiger charge is 2.21. The molecule has 0 saturated heterocycles. The van der Waals surface area contributed by atoms with Gasteiger partial charge in [-0.1, -0.05) is 188 Å². The smallest absolute Gasteiger partial charge is 0.160 e. The van der Waals surface area contributed by atoms with Crippen LogP contribution in [0, 0.1) is 6.92 Å². The molecule has 0 spiro atoms. The van der Waals surface area contributed by atoms with Crippen LogP contribution in [0.5, 0.6) is 0 Å². The van der Waals surface area contributed by atoms with E-state index in [2.05, 4.69) is 276 Å². The standard InChI is InChI=1S/C71H51N5/c1-50-46-57(53-34-32-51(33-35-53)52-36-38-55(39-37-52)67-49-66(54-20-8-2-9-21-54)72-71(73-67)56-22-10-3-11-23-56)40-43-68(50)76-69-44-41-62(74(58-24-12-4-13-25-58)59-26-14-5-15-27-59)47-64(69)65-48-63(42-45-70(65)76)75(60-28-16-6-17-29-60)61-30-18-7-19-31-61/h2-49H,1H3. The highest BCUT2D eigenvalue weighted by Crippen LogP contribution is 2.43. The third-order valence-electron chi connectivity index (χ3n) is 14.3. The fraction of sp³-hybridized carbons (Fsp3) is 0.0141. The van der Waals surface area contributed by atoms with Crippen molar-refractivity contribution in [2.45, 2.75) is 6.92 Å². The van der Waals surface area contributed by atoms with Crippen LogP contribution in [-0.2, 0) is 0 Å². The van der Waals surface area contributed by atoms with Gasteiger partial charge in [0, 0.05) is 67.3 Å². The highest BCUT2D eigenvalue weighted by molar-refractivity contribution is 6.12. The topological polar surface area (TPSA) is 37.2 Å². The van der Waals surface area contributed by atoms with Crippen LogP contribution in [-0.4, -0.2) is 14.5 Å². The zero-order valence-electron chi connectivity index (χ0n) is 41.9. The molecule has 0 aliphatic heterocycles. The molecule has 76 heavy (non-hydrogen) atoms. The minimum absolute atomic E-state index is 0.711. The van der Waals surface area contributed by atoms with Crippen LogP contribution in [0.4, 0.5) is 34.1 Å². The maximum atomic E-state index is 5.05. The predicted molar refractivity (Wildman–Crippen MR) is 318 cm³/mol. The molecule has 2 aromatic heterocycles. The van der Waals surface area contributed by atoms with Gasteiger partial charge in [0.1, 0.15) is 0 Å². The zero-order valence-corrected chi connectivity index (χ0v) is 41.9. The van der Waals surface area contributed by atoms with Gasteiger partial charge in [0.2, 0.25) is 0 Å². The fourth-order valence-corrected chi connectivity index (χ4v) is 10.6. The lowest BCUT2D eigenvalue weighted by Crippen LogP contribution is -2.09. The van der Waals surface area contributed by atoms with E-state index >= 15 is 0 Å². The Morgan fingerprint density at radius 3 is 1.03 bits per heavy atom. The van der Waals surface area contributed by atoms with E-state index in [4.69, 9.17) is 9.97 Å². The van der Waals surface area contributed by atoms with Crippen LogP contribution in [0.1, 0.15) is 5.56 Å². The number of hydrogen-bond donors (Lipinski definition) is 0. The molecule has 0 fully saturated rings. The quantitative estimate of drug-likeness (QED) is 0.122. The molecular weight excluding hydrogens is 923 g/mol. The van der Waals surface area contributed by atoms with Crippen molar-refractivity contribution in [2.24, 2.45) is 0 Å². The molecule has 13 aromatic rings. The average Bonchev–Trinajstić information content (AvgIpc) is 3.86. The van der Waals surface area contributed by atoms with Crippen molar-refractivity contribution in [3.8, 4) is 61.8 Å². The Labute approximate surface area is 443 Å². The van der Waals surface area contributed by atoms with Gasteiger partial charge in [-0.05, 0) is 138 Å². The second kappa shape index (κ2) is 20.1. The number of hydrogen-bond acceptors (Lipinski definition) is 4. The first-order valence-electron chi connectivity index (χ1n) is 25.8. The van der Waals surface area contributed by atoms with E-state index in [0.29, 0.717) is 5.82 Å². The van der Waals surface area contributed by atoms with E-state index < -0.39 is 0 Å². The molecule has 0 aliphatic carbocycles. The van der Waals surface area contributed by atoms with Crippen LogP contribution >= 0.6 is 0 Å². The molecule has 11 aromatic carbocycles. The van der Waals surface area contributed by atoms with E-state index in [1.165, 1.54) is 27.5 Å². The number of rotatable bonds is 12. The van der Waals surface area contributed by atoms with E-state index in [9.17, 15) is 0 Å². The first-order valence-corrected chi connectivity index (χ1v) is 25.8. The molecular formula is C71H51N5. The van der Waals surface area contributed by atoms with Gasteiger partial charge in [-0.25, -0.2) is 9.97 Å². The third-order valence-corrected chi connectivity index (χ3v) is 14.3. The Morgan fingerprint density at radius 2 is 0.618 bits per heavy atom. The van der Waals surface area contributed by atoms with Gasteiger partial charge in [-0.3, -0.25) is 0 Å². The van der Waals surface area contributed by atoms with Crippen molar-refractivity contribution in [2.75, 3.05) is 9.80 Å². The van der Waals surface area contributed by atoms with Crippen molar-refractivity contribution in [3.05, 3.63) is 297 Å². The fourth-order valence-electron chi connectivity index (χ4n) is 10.6. The average molecular weight is 974 g/mol. The first-order chi connectivity index (χ1) is 37.6. The SMILES string of the molecule is Cc1cc(-c2ccc(-c3ccc(-c4cc(-c5ccccc5)nc(-c5ccccc5)n4)cc3)cc2)ccc1-n1c2ccc(N(c3ccccc3)c3ccccc3)cc2c2cc(N(c3ccccc3)c3ccccc3)ccc21. The van der Waals surface area contributed by atoms with Crippen LogP contribution in [0.25, 0.3) is 83.6 Å². The largest absolute Gasteiger partial charge is 0.310 e. The van der Waals surface area contributed by atoms with E-state index in [0.717, 1.165) is 90.1 Å². The van der Waals surface area contributed by atoms with E-state index in [-0.39, 0.29) is 0 Å². The van der Waals surface area contributed by atoms with Gasteiger partial charge in [-0.2, -0.15) is 0 Å². The molecule has 0 amide bonds. The summed E-state index contributed by atoms with van der Waals surface area (Å²) in [5.41, 5.74) is 20.7. The van der Waals surface area contributed by atoms with Gasteiger partial charge < -0.3 is 14.4 Å². The molecule has 0 bridgehead atoms. The van der Waals surface area contributed by atoms with Crippen LogP contribution in [0.3, 0.4) is 0 Å². The minimum atomic E-state index is 0.711. The molecule has 13 rings (SSSR count). The number of nitrogens with zero attached hydrogens (tertiary/aromatic N) is 5. The molecule has 0 unspecified atom stereocenters. The predicted octanol–water partition coefficient (Wildman–Crippen LogP) is 19.2. The summed E-state index contributed by atoms with van der Waals surface area (Å²) in [6, 6.07) is 104. The van der Waals surface area contributed by atoms with Crippen molar-refractivity contribution in [1.29, 1.82) is 0 Å². The summed E-state index contributed by atoms with van der Waals surface area (Å²) in [4.78, 5) is 14.7. The van der Waals surface area contributed by atoms with Gasteiger partial charge in [-0.15, -0.1) is 0 Å². The number of aromatic nitrogens is 3. The Balaban J connectivity index is 0.859. The normalized spacial score (nSPS) is 11.2. The van der Waals surface area contributed by atoms with Gasteiger partial charge in [0.25, 0.3) is 0 Å².